The molecule has 2 N–H and O–H groups in total. The molecule has 1 atom stereocenters. The number of aryl methyl sites for hydroxylation is 1. The van der Waals surface area contributed by atoms with Crippen LogP contribution < -0.4 is 4.72 Å². The minimum absolute atomic E-state index is 0.0462. The number of phenolic OH excluding ortho intramolecular Hbond substituents is 1. The van der Waals surface area contributed by atoms with Gasteiger partial charge in [-0.05, 0) is 47.5 Å². The lowest BCUT2D eigenvalue weighted by Gasteiger charge is -2.26. The number of amides is 1. The van der Waals surface area contributed by atoms with Crippen molar-refractivity contribution in [1.29, 1.82) is 0 Å². The van der Waals surface area contributed by atoms with Gasteiger partial charge < -0.3 is 10.0 Å². The van der Waals surface area contributed by atoms with Crippen LogP contribution in [-0.4, -0.2) is 31.4 Å². The van der Waals surface area contributed by atoms with Crippen LogP contribution in [0.5, 0.6) is 5.75 Å². The summed E-state index contributed by atoms with van der Waals surface area (Å²) in [7, 11) is -2.00. The fraction of sp³-hybridized carbons (Fsp3) is 0.190. The lowest BCUT2D eigenvalue weighted by Crippen LogP contribution is -2.30. The zero-order valence-corrected chi connectivity index (χ0v) is 17.3. The van der Waals surface area contributed by atoms with E-state index in [1.54, 1.807) is 23.4 Å². The van der Waals surface area contributed by atoms with Crippen LogP contribution in [0.15, 0.2) is 64.2 Å². The second-order valence-electron chi connectivity index (χ2n) is 6.94. The molecule has 8 heteroatoms. The summed E-state index contributed by atoms with van der Waals surface area (Å²) >= 11 is 1.10. The molecule has 1 unspecified atom stereocenters. The van der Waals surface area contributed by atoms with Crippen molar-refractivity contribution in [2.24, 2.45) is 0 Å². The molecule has 3 aromatic rings. The van der Waals surface area contributed by atoms with Crippen molar-refractivity contribution in [3.8, 4) is 5.75 Å². The van der Waals surface area contributed by atoms with Gasteiger partial charge >= 0.3 is 0 Å². The molecule has 1 aliphatic rings. The molecule has 0 spiro atoms. The van der Waals surface area contributed by atoms with Gasteiger partial charge in [0.2, 0.25) is 0 Å². The highest BCUT2D eigenvalue weighted by atomic mass is 32.2. The van der Waals surface area contributed by atoms with E-state index >= 15 is 0 Å². The maximum Gasteiger partial charge on any atom is 0.271 e. The highest BCUT2D eigenvalue weighted by molar-refractivity contribution is 7.94. The molecule has 2 aromatic carbocycles. The summed E-state index contributed by atoms with van der Waals surface area (Å²) in [4.78, 5) is 14.6. The number of rotatable bonds is 5. The average molecular weight is 429 g/mol. The molecular formula is C21H20N2O4S2. The number of carbonyl (C=O) groups excluding carboxylic acids is 1. The number of fused-ring (bicyclic) bond motifs is 1. The average Bonchev–Trinajstić information content (AvgIpc) is 3.37. The summed E-state index contributed by atoms with van der Waals surface area (Å²) < 4.78 is 27.3. The Labute approximate surface area is 173 Å². The number of anilines is 1. The quantitative estimate of drug-likeness (QED) is 0.643. The van der Waals surface area contributed by atoms with E-state index in [0.29, 0.717) is 0 Å². The smallest absolute Gasteiger partial charge is 0.271 e. The van der Waals surface area contributed by atoms with Gasteiger partial charge in [-0.2, -0.15) is 0 Å². The first-order valence-electron chi connectivity index (χ1n) is 9.11. The Bertz CT molecular complexity index is 1160. The van der Waals surface area contributed by atoms with Gasteiger partial charge in [0.25, 0.3) is 15.9 Å². The van der Waals surface area contributed by atoms with Crippen LogP contribution in [0.1, 0.15) is 33.9 Å². The zero-order valence-electron chi connectivity index (χ0n) is 15.7. The minimum Gasteiger partial charge on any atom is -0.507 e. The summed E-state index contributed by atoms with van der Waals surface area (Å²) in [6.07, 6.45) is 1.74. The van der Waals surface area contributed by atoms with E-state index in [1.165, 1.54) is 29.8 Å². The fourth-order valence-electron chi connectivity index (χ4n) is 3.67. The van der Waals surface area contributed by atoms with Gasteiger partial charge in [-0.15, -0.1) is 11.3 Å². The largest absolute Gasteiger partial charge is 0.507 e. The van der Waals surface area contributed by atoms with E-state index < -0.39 is 10.0 Å². The van der Waals surface area contributed by atoms with Crippen molar-refractivity contribution in [2.75, 3.05) is 11.8 Å². The van der Waals surface area contributed by atoms with E-state index in [-0.39, 0.29) is 33.2 Å². The molecule has 0 radical (unpaired) electrons. The van der Waals surface area contributed by atoms with Crippen LogP contribution in [0.25, 0.3) is 0 Å². The lowest BCUT2D eigenvalue weighted by molar-refractivity contribution is 0.0727. The van der Waals surface area contributed by atoms with Crippen molar-refractivity contribution >= 4 is 33.0 Å². The van der Waals surface area contributed by atoms with Crippen LogP contribution in [0.2, 0.25) is 0 Å². The molecule has 1 heterocycles. The Morgan fingerprint density at radius 2 is 1.97 bits per heavy atom. The van der Waals surface area contributed by atoms with E-state index in [9.17, 15) is 18.3 Å². The monoisotopic (exact) mass is 428 g/mol. The first kappa shape index (κ1) is 19.5. The number of phenols is 1. The lowest BCUT2D eigenvalue weighted by atomic mass is 10.1. The molecule has 29 heavy (non-hydrogen) atoms. The van der Waals surface area contributed by atoms with Gasteiger partial charge in [-0.3, -0.25) is 9.52 Å². The Balaban J connectivity index is 1.54. The number of benzene rings is 2. The van der Waals surface area contributed by atoms with E-state index in [0.717, 1.165) is 29.7 Å². The predicted molar refractivity (Wildman–Crippen MR) is 113 cm³/mol. The van der Waals surface area contributed by atoms with E-state index in [1.807, 2.05) is 18.2 Å². The maximum absolute atomic E-state index is 13.0. The second kappa shape index (κ2) is 7.53. The van der Waals surface area contributed by atoms with Gasteiger partial charge in [0.15, 0.2) is 0 Å². The Morgan fingerprint density at radius 1 is 1.17 bits per heavy atom. The molecule has 150 valence electrons. The van der Waals surface area contributed by atoms with Crippen LogP contribution >= 0.6 is 11.3 Å². The third-order valence-electron chi connectivity index (χ3n) is 5.13. The number of sulfonamides is 1. The Hall–Kier alpha value is -2.84. The first-order chi connectivity index (χ1) is 13.9. The van der Waals surface area contributed by atoms with Gasteiger partial charge in [-0.25, -0.2) is 8.42 Å². The zero-order chi connectivity index (χ0) is 20.6. The summed E-state index contributed by atoms with van der Waals surface area (Å²) in [6, 6.07) is 15.3. The number of thiophene rings is 1. The summed E-state index contributed by atoms with van der Waals surface area (Å²) in [5.41, 5.74) is 2.69. The molecule has 0 bridgehead atoms. The van der Waals surface area contributed by atoms with E-state index in [2.05, 4.69) is 10.8 Å². The number of nitrogens with one attached hydrogen (secondary N) is 1. The third-order valence-corrected chi connectivity index (χ3v) is 7.91. The number of hydrogen-bond donors (Lipinski definition) is 2. The molecule has 0 aliphatic heterocycles. The number of carbonyl (C=O) groups is 1. The molecule has 6 nitrogen and oxygen atoms in total. The second-order valence-corrected chi connectivity index (χ2v) is 9.80. The topological polar surface area (TPSA) is 86.7 Å². The van der Waals surface area contributed by atoms with Gasteiger partial charge in [0.1, 0.15) is 9.96 Å². The van der Waals surface area contributed by atoms with Gasteiger partial charge in [-0.1, -0.05) is 30.3 Å². The maximum atomic E-state index is 13.0. The molecule has 1 aromatic heterocycles. The normalized spacial score (nSPS) is 15.7. The van der Waals surface area contributed by atoms with Gasteiger partial charge in [0, 0.05) is 13.1 Å². The third kappa shape index (κ3) is 3.73. The summed E-state index contributed by atoms with van der Waals surface area (Å²) in [6.45, 7) is 0. The van der Waals surface area contributed by atoms with E-state index in [4.69, 9.17) is 0 Å². The summed E-state index contributed by atoms with van der Waals surface area (Å²) in [5.74, 6) is -0.573. The van der Waals surface area contributed by atoms with Crippen LogP contribution in [0.3, 0.4) is 0 Å². The first-order valence-corrected chi connectivity index (χ1v) is 11.5. The van der Waals surface area contributed by atoms with Crippen LogP contribution in [0, 0.1) is 0 Å². The SMILES string of the molecule is CN(C(=O)c1ccc(NS(=O)(=O)c2cccs2)cc1O)C1CCc2ccccc21. The Morgan fingerprint density at radius 3 is 2.69 bits per heavy atom. The number of aromatic hydroxyl groups is 1. The molecule has 1 aliphatic carbocycles. The number of nitrogens with zero attached hydrogens (tertiary/aromatic N) is 1. The molecular weight excluding hydrogens is 408 g/mol. The highest BCUT2D eigenvalue weighted by Gasteiger charge is 2.30. The molecule has 1 amide bonds. The minimum atomic E-state index is -3.72. The van der Waals surface area contributed by atoms with Crippen LogP contribution in [-0.2, 0) is 16.4 Å². The summed E-state index contributed by atoms with van der Waals surface area (Å²) in [5, 5.41) is 12.1. The molecule has 0 fully saturated rings. The van der Waals surface area contributed by atoms with Crippen molar-refractivity contribution < 1.29 is 18.3 Å². The fourth-order valence-corrected chi connectivity index (χ4v) is 5.71. The molecule has 0 saturated carbocycles. The van der Waals surface area contributed by atoms with Crippen LogP contribution in [0.4, 0.5) is 5.69 Å². The van der Waals surface area contributed by atoms with Gasteiger partial charge in [0.05, 0.1) is 17.3 Å². The molecule has 0 saturated heterocycles. The predicted octanol–water partition coefficient (Wildman–Crippen LogP) is 4.01. The van der Waals surface area contributed by atoms with Crippen molar-refractivity contribution in [2.45, 2.75) is 23.1 Å². The van der Waals surface area contributed by atoms with Crippen molar-refractivity contribution in [3.05, 3.63) is 76.7 Å². The highest BCUT2D eigenvalue weighted by Crippen LogP contribution is 2.36. The van der Waals surface area contributed by atoms with Crippen molar-refractivity contribution in [1.82, 2.24) is 4.90 Å². The number of hydrogen-bond acceptors (Lipinski definition) is 5. The Kier molecular flexibility index (Phi) is 5.06. The standard InChI is InChI=1S/C21H20N2O4S2/c1-23(18-11-8-14-5-2-3-6-16(14)18)21(25)17-10-9-15(13-19(17)24)22-29(26,27)20-7-4-12-28-20/h2-7,9-10,12-13,18,22,24H,8,11H2,1H3. The van der Waals surface area contributed by atoms with Crippen molar-refractivity contribution in [3.63, 3.8) is 0 Å². The molecule has 4 rings (SSSR count).